The molecule has 1 aromatic carbocycles. The van der Waals surface area contributed by atoms with Crippen LogP contribution < -0.4 is 10.1 Å². The van der Waals surface area contributed by atoms with Crippen LogP contribution in [0.3, 0.4) is 0 Å². The minimum absolute atomic E-state index is 0.0978. The van der Waals surface area contributed by atoms with Crippen LogP contribution in [0.5, 0.6) is 11.6 Å². The largest absolute Gasteiger partial charge is 0.434 e. The van der Waals surface area contributed by atoms with Crippen LogP contribution in [0.25, 0.3) is 0 Å². The molecule has 1 aromatic heterocycles. The van der Waals surface area contributed by atoms with Crippen molar-refractivity contribution >= 4 is 11.5 Å². The van der Waals surface area contributed by atoms with E-state index in [-0.39, 0.29) is 17.3 Å². The summed E-state index contributed by atoms with van der Waals surface area (Å²) in [5.74, 6) is -0.376. The lowest BCUT2D eigenvalue weighted by atomic mass is 10.2. The number of nitro groups is 1. The van der Waals surface area contributed by atoms with Crippen molar-refractivity contribution in [2.45, 2.75) is 13.8 Å². The molecule has 110 valence electrons. The van der Waals surface area contributed by atoms with Crippen molar-refractivity contribution in [3.63, 3.8) is 0 Å². The molecule has 0 atom stereocenters. The standard InChI is InChI=1S/C13H13FN4O3/c1-3-16-12-6-15-7-13(17-12)21-11-4-8(2)10(18(19)20)5-9(11)14/h4-7H,3H2,1-2H3,(H,16,17). The van der Waals surface area contributed by atoms with E-state index in [1.54, 1.807) is 0 Å². The molecule has 0 saturated carbocycles. The van der Waals surface area contributed by atoms with E-state index >= 15 is 0 Å². The zero-order valence-corrected chi connectivity index (χ0v) is 11.5. The van der Waals surface area contributed by atoms with Gasteiger partial charge in [0.2, 0.25) is 5.88 Å². The second-order valence-corrected chi connectivity index (χ2v) is 4.20. The molecule has 8 heteroatoms. The van der Waals surface area contributed by atoms with E-state index in [0.29, 0.717) is 17.9 Å². The monoisotopic (exact) mass is 292 g/mol. The Balaban J connectivity index is 2.29. The molecule has 0 radical (unpaired) electrons. The molecule has 0 aliphatic heterocycles. The van der Waals surface area contributed by atoms with Crippen molar-refractivity contribution in [3.05, 3.63) is 46.0 Å². The summed E-state index contributed by atoms with van der Waals surface area (Å²) in [5.41, 5.74) is -0.000434. The molecular weight excluding hydrogens is 279 g/mol. The second-order valence-electron chi connectivity index (χ2n) is 4.20. The molecule has 0 spiro atoms. The first-order chi connectivity index (χ1) is 10.0. The predicted molar refractivity (Wildman–Crippen MR) is 74.1 cm³/mol. The van der Waals surface area contributed by atoms with Gasteiger partial charge in [-0.05, 0) is 19.9 Å². The van der Waals surface area contributed by atoms with Crippen molar-refractivity contribution < 1.29 is 14.1 Å². The first-order valence-electron chi connectivity index (χ1n) is 6.19. The number of anilines is 1. The van der Waals surface area contributed by atoms with Gasteiger partial charge in [0.1, 0.15) is 5.82 Å². The number of hydrogen-bond donors (Lipinski definition) is 1. The maximum Gasteiger partial charge on any atom is 0.275 e. The van der Waals surface area contributed by atoms with Gasteiger partial charge in [-0.2, -0.15) is 4.98 Å². The lowest BCUT2D eigenvalue weighted by molar-refractivity contribution is -0.385. The van der Waals surface area contributed by atoms with Crippen molar-refractivity contribution in [3.8, 4) is 11.6 Å². The molecule has 0 fully saturated rings. The Labute approximate surface area is 120 Å². The molecule has 0 aliphatic carbocycles. The fourth-order valence-corrected chi connectivity index (χ4v) is 1.70. The maximum atomic E-state index is 13.8. The zero-order valence-electron chi connectivity index (χ0n) is 11.5. The van der Waals surface area contributed by atoms with Gasteiger partial charge >= 0.3 is 0 Å². The maximum absolute atomic E-state index is 13.8. The summed E-state index contributed by atoms with van der Waals surface area (Å²) in [6.45, 7) is 4.06. The van der Waals surface area contributed by atoms with E-state index < -0.39 is 10.7 Å². The molecule has 2 rings (SSSR count). The molecular formula is C13H13FN4O3. The predicted octanol–water partition coefficient (Wildman–Crippen LogP) is 3.06. The van der Waals surface area contributed by atoms with Gasteiger partial charge in [0.25, 0.3) is 5.69 Å². The van der Waals surface area contributed by atoms with E-state index in [4.69, 9.17) is 4.74 Å². The second kappa shape index (κ2) is 6.12. The summed E-state index contributed by atoms with van der Waals surface area (Å²) in [6, 6.07) is 2.08. The number of aryl methyl sites for hydroxylation is 1. The minimum Gasteiger partial charge on any atom is -0.434 e. The van der Waals surface area contributed by atoms with Gasteiger partial charge in [-0.3, -0.25) is 15.1 Å². The highest BCUT2D eigenvalue weighted by molar-refractivity contribution is 5.46. The summed E-state index contributed by atoms with van der Waals surface area (Å²) < 4.78 is 19.1. The van der Waals surface area contributed by atoms with Crippen LogP contribution in [-0.4, -0.2) is 21.4 Å². The third-order valence-corrected chi connectivity index (χ3v) is 2.63. The van der Waals surface area contributed by atoms with E-state index in [1.807, 2.05) is 6.92 Å². The summed E-state index contributed by atoms with van der Waals surface area (Å²) >= 11 is 0. The topological polar surface area (TPSA) is 90.2 Å². The minimum atomic E-state index is -0.831. The van der Waals surface area contributed by atoms with Gasteiger partial charge in [-0.25, -0.2) is 4.39 Å². The molecule has 7 nitrogen and oxygen atoms in total. The lowest BCUT2D eigenvalue weighted by Gasteiger charge is -2.08. The fourth-order valence-electron chi connectivity index (χ4n) is 1.70. The quantitative estimate of drug-likeness (QED) is 0.672. The van der Waals surface area contributed by atoms with Crippen LogP contribution >= 0.6 is 0 Å². The van der Waals surface area contributed by atoms with Gasteiger partial charge in [-0.1, -0.05) is 0 Å². The average molecular weight is 292 g/mol. The number of rotatable bonds is 5. The lowest BCUT2D eigenvalue weighted by Crippen LogP contribution is -2.01. The van der Waals surface area contributed by atoms with E-state index in [9.17, 15) is 14.5 Å². The first-order valence-corrected chi connectivity index (χ1v) is 6.19. The summed E-state index contributed by atoms with van der Waals surface area (Å²) in [4.78, 5) is 18.1. The number of aromatic nitrogens is 2. The van der Waals surface area contributed by atoms with Crippen LogP contribution in [0.15, 0.2) is 24.5 Å². The van der Waals surface area contributed by atoms with Crippen LogP contribution in [-0.2, 0) is 0 Å². The molecule has 1 N–H and O–H groups in total. The third kappa shape index (κ3) is 3.41. The first kappa shape index (κ1) is 14.6. The highest BCUT2D eigenvalue weighted by Gasteiger charge is 2.17. The molecule has 0 amide bonds. The van der Waals surface area contributed by atoms with Gasteiger partial charge in [-0.15, -0.1) is 0 Å². The molecule has 0 bridgehead atoms. The summed E-state index contributed by atoms with van der Waals surface area (Å²) in [6.07, 6.45) is 2.84. The van der Waals surface area contributed by atoms with Gasteiger partial charge < -0.3 is 10.1 Å². The van der Waals surface area contributed by atoms with Crippen LogP contribution in [0, 0.1) is 22.9 Å². The number of nitro benzene ring substituents is 1. The van der Waals surface area contributed by atoms with Crippen molar-refractivity contribution in [1.82, 2.24) is 9.97 Å². The Morgan fingerprint density at radius 2 is 2.19 bits per heavy atom. The van der Waals surface area contributed by atoms with Gasteiger partial charge in [0.15, 0.2) is 11.6 Å². The van der Waals surface area contributed by atoms with Crippen LogP contribution in [0.1, 0.15) is 12.5 Å². The Morgan fingerprint density at radius 1 is 1.43 bits per heavy atom. The van der Waals surface area contributed by atoms with Crippen molar-refractivity contribution in [1.29, 1.82) is 0 Å². The van der Waals surface area contributed by atoms with E-state index in [2.05, 4.69) is 15.3 Å². The normalized spacial score (nSPS) is 10.2. The Hall–Kier alpha value is -2.77. The fraction of sp³-hybridized carbons (Fsp3) is 0.231. The summed E-state index contributed by atoms with van der Waals surface area (Å²) in [5, 5.41) is 13.7. The van der Waals surface area contributed by atoms with Crippen LogP contribution in [0.2, 0.25) is 0 Å². The highest BCUT2D eigenvalue weighted by atomic mass is 19.1. The third-order valence-electron chi connectivity index (χ3n) is 2.63. The van der Waals surface area contributed by atoms with Crippen molar-refractivity contribution in [2.75, 3.05) is 11.9 Å². The molecule has 0 unspecified atom stereocenters. The Kier molecular flexibility index (Phi) is 4.27. The molecule has 2 aromatic rings. The number of nitrogens with zero attached hydrogens (tertiary/aromatic N) is 3. The van der Waals surface area contributed by atoms with Crippen LogP contribution in [0.4, 0.5) is 15.9 Å². The zero-order chi connectivity index (χ0) is 15.4. The average Bonchev–Trinajstić information content (AvgIpc) is 2.43. The molecule has 0 saturated heterocycles. The molecule has 1 heterocycles. The van der Waals surface area contributed by atoms with Gasteiger partial charge in [0, 0.05) is 12.1 Å². The van der Waals surface area contributed by atoms with Gasteiger partial charge in [0.05, 0.1) is 23.4 Å². The highest BCUT2D eigenvalue weighted by Crippen LogP contribution is 2.29. The number of hydrogen-bond acceptors (Lipinski definition) is 6. The molecule has 21 heavy (non-hydrogen) atoms. The number of ether oxygens (including phenoxy) is 1. The number of nitrogens with one attached hydrogen (secondary N) is 1. The van der Waals surface area contributed by atoms with E-state index in [0.717, 1.165) is 6.07 Å². The Morgan fingerprint density at radius 3 is 2.86 bits per heavy atom. The SMILES string of the molecule is CCNc1cncc(Oc2cc(C)c([N+](=O)[O-])cc2F)n1. The Bertz CT molecular complexity index is 678. The summed E-state index contributed by atoms with van der Waals surface area (Å²) in [7, 11) is 0. The number of halogens is 1. The van der Waals surface area contributed by atoms with E-state index in [1.165, 1.54) is 25.4 Å². The van der Waals surface area contributed by atoms with Crippen molar-refractivity contribution in [2.24, 2.45) is 0 Å². The molecule has 0 aliphatic rings. The number of benzene rings is 1. The smallest absolute Gasteiger partial charge is 0.275 e.